The summed E-state index contributed by atoms with van der Waals surface area (Å²) >= 11 is 11.3. The van der Waals surface area contributed by atoms with Crippen molar-refractivity contribution in [3.05, 3.63) is 55.5 Å². The number of thiocarbonyl (C=S) groups is 1. The van der Waals surface area contributed by atoms with Gasteiger partial charge in [-0.05, 0) is 46.7 Å². The smallest absolute Gasteiger partial charge is 0.263 e. The minimum absolute atomic E-state index is 0.168. The third kappa shape index (κ3) is 3.78. The van der Waals surface area contributed by atoms with E-state index in [4.69, 9.17) is 17.0 Å². The van der Waals surface area contributed by atoms with Gasteiger partial charge in [-0.3, -0.25) is 4.79 Å². The molecule has 1 amide bonds. The molecule has 22 heavy (non-hydrogen) atoms. The lowest BCUT2D eigenvalue weighted by atomic mass is 10.2. The van der Waals surface area contributed by atoms with Crippen molar-refractivity contribution in [2.75, 3.05) is 0 Å². The van der Waals surface area contributed by atoms with Crippen LogP contribution < -0.4 is 10.1 Å². The van der Waals surface area contributed by atoms with E-state index in [1.165, 1.54) is 11.8 Å². The van der Waals surface area contributed by atoms with Crippen LogP contribution in [0.4, 0.5) is 0 Å². The molecule has 1 aliphatic heterocycles. The molecule has 1 N–H and O–H groups in total. The Labute approximate surface area is 149 Å². The number of ether oxygens (including phenoxy) is 1. The molecule has 0 radical (unpaired) electrons. The van der Waals surface area contributed by atoms with E-state index in [-0.39, 0.29) is 5.91 Å². The average molecular weight is 412 g/mol. The Kier molecular flexibility index (Phi) is 4.97. The number of hydrogen-bond acceptors (Lipinski definition) is 5. The average Bonchev–Trinajstić information content (AvgIpc) is 3.08. The maximum Gasteiger partial charge on any atom is 0.263 e. The SMILES string of the molecule is O=C1NC(=S)SC1=Cc1cc(Br)ccc1OCc1ccsc1. The van der Waals surface area contributed by atoms with Gasteiger partial charge in [-0.2, -0.15) is 11.3 Å². The van der Waals surface area contributed by atoms with Gasteiger partial charge in [0.1, 0.15) is 16.7 Å². The van der Waals surface area contributed by atoms with Crippen LogP contribution in [0.15, 0.2) is 44.4 Å². The van der Waals surface area contributed by atoms with E-state index in [0.717, 1.165) is 21.3 Å². The second kappa shape index (κ2) is 6.95. The summed E-state index contributed by atoms with van der Waals surface area (Å²) in [6, 6.07) is 7.75. The summed E-state index contributed by atoms with van der Waals surface area (Å²) in [6.07, 6.45) is 1.80. The van der Waals surface area contributed by atoms with Crippen molar-refractivity contribution in [1.29, 1.82) is 0 Å². The maximum atomic E-state index is 11.8. The standard InChI is InChI=1S/C15H10BrNO2S3/c16-11-1-2-12(19-7-9-3-4-21-8-9)10(5-11)6-13-14(18)17-15(20)22-13/h1-6,8H,7H2,(H,17,18,20). The highest BCUT2D eigenvalue weighted by atomic mass is 79.9. The summed E-state index contributed by atoms with van der Waals surface area (Å²) in [5, 5.41) is 6.68. The summed E-state index contributed by atoms with van der Waals surface area (Å²) in [7, 11) is 0. The molecule has 0 atom stereocenters. The van der Waals surface area contributed by atoms with Crippen molar-refractivity contribution in [2.24, 2.45) is 0 Å². The van der Waals surface area contributed by atoms with E-state index in [0.29, 0.717) is 15.8 Å². The third-order valence-electron chi connectivity index (χ3n) is 2.87. The molecule has 2 heterocycles. The van der Waals surface area contributed by atoms with E-state index >= 15 is 0 Å². The lowest BCUT2D eigenvalue weighted by Crippen LogP contribution is -2.17. The normalized spacial score (nSPS) is 16.1. The zero-order chi connectivity index (χ0) is 15.5. The Morgan fingerprint density at radius 2 is 2.23 bits per heavy atom. The van der Waals surface area contributed by atoms with Crippen LogP contribution in [0.1, 0.15) is 11.1 Å². The monoisotopic (exact) mass is 411 g/mol. The highest BCUT2D eigenvalue weighted by Crippen LogP contribution is 2.31. The van der Waals surface area contributed by atoms with E-state index in [1.54, 1.807) is 17.4 Å². The number of benzene rings is 1. The highest BCUT2D eigenvalue weighted by molar-refractivity contribution is 9.10. The van der Waals surface area contributed by atoms with E-state index in [1.807, 2.05) is 29.6 Å². The Morgan fingerprint density at radius 3 is 2.91 bits per heavy atom. The van der Waals surface area contributed by atoms with Gasteiger partial charge in [0.15, 0.2) is 0 Å². The molecule has 7 heteroatoms. The lowest BCUT2D eigenvalue weighted by molar-refractivity contribution is -0.115. The molecule has 3 nitrogen and oxygen atoms in total. The molecule has 0 aliphatic carbocycles. The summed E-state index contributed by atoms with van der Waals surface area (Å²) in [5.41, 5.74) is 1.97. The minimum Gasteiger partial charge on any atom is -0.488 e. The molecule has 1 aromatic heterocycles. The third-order valence-corrected chi connectivity index (χ3v) is 5.26. The van der Waals surface area contributed by atoms with E-state index < -0.39 is 0 Å². The second-order valence-corrected chi connectivity index (χ2v) is 7.87. The fourth-order valence-corrected chi connectivity index (χ4v) is 3.93. The molecule has 0 bridgehead atoms. The number of thioether (sulfide) groups is 1. The Morgan fingerprint density at radius 1 is 1.36 bits per heavy atom. The fourth-order valence-electron chi connectivity index (χ4n) is 1.86. The van der Waals surface area contributed by atoms with Gasteiger partial charge < -0.3 is 10.1 Å². The molecule has 0 saturated carbocycles. The number of nitrogens with one attached hydrogen (secondary N) is 1. The molecule has 1 aliphatic rings. The molecule has 112 valence electrons. The van der Waals surface area contributed by atoms with Crippen molar-refractivity contribution in [1.82, 2.24) is 5.32 Å². The van der Waals surface area contributed by atoms with Crippen LogP contribution in [0, 0.1) is 0 Å². The quantitative estimate of drug-likeness (QED) is 0.590. The van der Waals surface area contributed by atoms with E-state index in [2.05, 4.69) is 26.6 Å². The molecule has 0 unspecified atom stereocenters. The molecule has 1 saturated heterocycles. The molecular formula is C15H10BrNO2S3. The molecule has 1 aromatic carbocycles. The van der Waals surface area contributed by atoms with Gasteiger partial charge in [0.25, 0.3) is 5.91 Å². The Hall–Kier alpha value is -1.15. The van der Waals surface area contributed by atoms with Crippen LogP contribution >= 0.6 is 51.2 Å². The number of amides is 1. The maximum absolute atomic E-state index is 11.8. The zero-order valence-electron chi connectivity index (χ0n) is 11.2. The molecule has 2 aromatic rings. The summed E-state index contributed by atoms with van der Waals surface area (Å²) in [6.45, 7) is 0.499. The predicted octanol–water partition coefficient (Wildman–Crippen LogP) is 4.58. The van der Waals surface area contributed by atoms with Crippen LogP contribution in [0.2, 0.25) is 0 Å². The van der Waals surface area contributed by atoms with Gasteiger partial charge in [-0.25, -0.2) is 0 Å². The topological polar surface area (TPSA) is 38.3 Å². The van der Waals surface area contributed by atoms with Gasteiger partial charge in [0, 0.05) is 10.0 Å². The van der Waals surface area contributed by atoms with Gasteiger partial charge in [0.2, 0.25) is 0 Å². The van der Waals surface area contributed by atoms with Crippen LogP contribution in [-0.4, -0.2) is 10.2 Å². The largest absolute Gasteiger partial charge is 0.488 e. The lowest BCUT2D eigenvalue weighted by Gasteiger charge is -2.09. The van der Waals surface area contributed by atoms with Crippen molar-refractivity contribution in [3.8, 4) is 5.75 Å². The van der Waals surface area contributed by atoms with Gasteiger partial charge in [-0.1, -0.05) is 39.9 Å². The summed E-state index contributed by atoms with van der Waals surface area (Å²) in [5.74, 6) is 0.562. The second-order valence-electron chi connectivity index (χ2n) is 4.45. The number of halogens is 1. The van der Waals surface area contributed by atoms with Crippen molar-refractivity contribution in [3.63, 3.8) is 0 Å². The van der Waals surface area contributed by atoms with Gasteiger partial charge in [0.05, 0.1) is 4.91 Å². The van der Waals surface area contributed by atoms with Gasteiger partial charge in [-0.15, -0.1) is 0 Å². The number of carbonyl (C=O) groups excluding carboxylic acids is 1. The Balaban J connectivity index is 1.86. The molecule has 3 rings (SSSR count). The molecule has 1 fully saturated rings. The van der Waals surface area contributed by atoms with Crippen LogP contribution in [0.5, 0.6) is 5.75 Å². The first-order chi connectivity index (χ1) is 10.6. The van der Waals surface area contributed by atoms with Crippen LogP contribution in [0.25, 0.3) is 6.08 Å². The predicted molar refractivity (Wildman–Crippen MR) is 99.1 cm³/mol. The van der Waals surface area contributed by atoms with E-state index in [9.17, 15) is 4.79 Å². The van der Waals surface area contributed by atoms with Crippen LogP contribution in [-0.2, 0) is 11.4 Å². The first-order valence-electron chi connectivity index (χ1n) is 6.30. The number of thiophene rings is 1. The summed E-state index contributed by atoms with van der Waals surface area (Å²) in [4.78, 5) is 12.4. The first kappa shape index (κ1) is 15.7. The molecular weight excluding hydrogens is 402 g/mol. The minimum atomic E-state index is -0.168. The number of carbonyl (C=O) groups is 1. The van der Waals surface area contributed by atoms with Gasteiger partial charge >= 0.3 is 0 Å². The highest BCUT2D eigenvalue weighted by Gasteiger charge is 2.22. The summed E-state index contributed by atoms with van der Waals surface area (Å²) < 4.78 is 7.28. The molecule has 0 spiro atoms. The van der Waals surface area contributed by atoms with Crippen molar-refractivity contribution >= 4 is 67.6 Å². The number of rotatable bonds is 4. The zero-order valence-corrected chi connectivity index (χ0v) is 15.2. The van der Waals surface area contributed by atoms with Crippen LogP contribution in [0.3, 0.4) is 0 Å². The van der Waals surface area contributed by atoms with Crippen molar-refractivity contribution < 1.29 is 9.53 Å². The first-order valence-corrected chi connectivity index (χ1v) is 9.26. The fraction of sp³-hybridized carbons (Fsp3) is 0.0667. The number of hydrogen-bond donors (Lipinski definition) is 1. The Bertz CT molecular complexity index is 756. The van der Waals surface area contributed by atoms with Crippen molar-refractivity contribution in [2.45, 2.75) is 6.61 Å².